The van der Waals surface area contributed by atoms with Crippen LogP contribution in [0.5, 0.6) is 0 Å². The molecule has 0 aliphatic carbocycles. The Hall–Kier alpha value is -1.27. The van der Waals surface area contributed by atoms with Crippen molar-refractivity contribution in [2.75, 3.05) is 13.2 Å². The highest BCUT2D eigenvalue weighted by molar-refractivity contribution is 9.10. The molecule has 0 saturated heterocycles. The van der Waals surface area contributed by atoms with Crippen LogP contribution in [0.2, 0.25) is 0 Å². The third-order valence-corrected chi connectivity index (χ3v) is 2.71. The number of aldehydes is 1. The van der Waals surface area contributed by atoms with Gasteiger partial charge in [0.05, 0.1) is 12.3 Å². The van der Waals surface area contributed by atoms with Gasteiger partial charge in [-0.25, -0.2) is 0 Å². The minimum absolute atomic E-state index is 0.0890. The summed E-state index contributed by atoms with van der Waals surface area (Å²) in [6.07, 6.45) is 2.95. The quantitative estimate of drug-likeness (QED) is 0.611. The van der Waals surface area contributed by atoms with Crippen molar-refractivity contribution in [2.24, 2.45) is 5.16 Å². The van der Waals surface area contributed by atoms with Gasteiger partial charge in [0, 0.05) is 17.1 Å². The molecule has 5 nitrogen and oxygen atoms in total. The van der Waals surface area contributed by atoms with Crippen molar-refractivity contribution in [2.45, 2.75) is 12.5 Å². The third-order valence-electron chi connectivity index (χ3n) is 2.25. The Bertz CT molecular complexity index is 419. The second-order valence-electron chi connectivity index (χ2n) is 3.54. The average molecular weight is 299 g/mol. The lowest BCUT2D eigenvalue weighted by atomic mass is 10.1. The molecule has 0 bridgehead atoms. The maximum Gasteiger partial charge on any atom is 0.156 e. The van der Waals surface area contributed by atoms with Gasteiger partial charge in [-0.05, 0) is 28.1 Å². The van der Waals surface area contributed by atoms with Crippen LogP contribution in [0.3, 0.4) is 0 Å². The van der Waals surface area contributed by atoms with Crippen LogP contribution >= 0.6 is 15.9 Å². The van der Waals surface area contributed by atoms with Crippen molar-refractivity contribution in [3.8, 4) is 0 Å². The number of halogens is 1. The second-order valence-corrected chi connectivity index (χ2v) is 4.45. The molecule has 2 heterocycles. The first-order valence-corrected chi connectivity index (χ1v) is 5.95. The first kappa shape index (κ1) is 12.2. The van der Waals surface area contributed by atoms with Crippen LogP contribution in [0, 0.1) is 0 Å². The van der Waals surface area contributed by atoms with Crippen molar-refractivity contribution in [1.82, 2.24) is 4.98 Å². The fourth-order valence-electron chi connectivity index (χ4n) is 1.46. The topological polar surface area (TPSA) is 60.8 Å². The molecule has 1 aromatic rings. The number of oxime groups is 1. The van der Waals surface area contributed by atoms with E-state index >= 15 is 0 Å². The van der Waals surface area contributed by atoms with Crippen LogP contribution in [0.25, 0.3) is 0 Å². The molecule has 0 spiro atoms. The van der Waals surface area contributed by atoms with E-state index in [1.807, 2.05) is 12.1 Å². The van der Waals surface area contributed by atoms with Gasteiger partial charge in [0.25, 0.3) is 0 Å². The van der Waals surface area contributed by atoms with E-state index < -0.39 is 0 Å². The third kappa shape index (κ3) is 3.34. The van der Waals surface area contributed by atoms with Crippen molar-refractivity contribution >= 4 is 27.9 Å². The van der Waals surface area contributed by atoms with Gasteiger partial charge in [-0.1, -0.05) is 5.16 Å². The Morgan fingerprint density at radius 3 is 3.18 bits per heavy atom. The zero-order valence-corrected chi connectivity index (χ0v) is 10.6. The van der Waals surface area contributed by atoms with E-state index in [1.54, 1.807) is 6.20 Å². The SMILES string of the molecule is O=CCOC[C@@H]1CC(c2ccc(Br)cn2)=NO1. The highest BCUT2D eigenvalue weighted by Gasteiger charge is 2.22. The molecule has 1 aliphatic rings. The van der Waals surface area contributed by atoms with Crippen LogP contribution in [0.15, 0.2) is 28.0 Å². The summed E-state index contributed by atoms with van der Waals surface area (Å²) in [5, 5.41) is 3.97. The predicted molar refractivity (Wildman–Crippen MR) is 64.8 cm³/mol. The van der Waals surface area contributed by atoms with Gasteiger partial charge in [-0.15, -0.1) is 0 Å². The summed E-state index contributed by atoms with van der Waals surface area (Å²) in [5.74, 6) is 0. The van der Waals surface area contributed by atoms with E-state index in [4.69, 9.17) is 9.57 Å². The monoisotopic (exact) mass is 298 g/mol. The molecular weight excluding hydrogens is 288 g/mol. The molecule has 90 valence electrons. The number of ether oxygens (including phenoxy) is 1. The Morgan fingerprint density at radius 1 is 1.59 bits per heavy atom. The maximum atomic E-state index is 10.1. The number of nitrogens with zero attached hydrogens (tertiary/aromatic N) is 2. The molecule has 0 saturated carbocycles. The largest absolute Gasteiger partial charge is 0.389 e. The molecule has 1 aromatic heterocycles. The molecule has 6 heteroatoms. The Morgan fingerprint density at radius 2 is 2.47 bits per heavy atom. The van der Waals surface area contributed by atoms with Crippen LogP contribution in [0.4, 0.5) is 0 Å². The van der Waals surface area contributed by atoms with Gasteiger partial charge in [-0.2, -0.15) is 0 Å². The highest BCUT2D eigenvalue weighted by Crippen LogP contribution is 2.17. The number of carbonyl (C=O) groups is 1. The van der Waals surface area contributed by atoms with E-state index in [-0.39, 0.29) is 12.7 Å². The summed E-state index contributed by atoms with van der Waals surface area (Å²) in [5.41, 5.74) is 1.60. The molecule has 2 rings (SSSR count). The molecule has 0 aromatic carbocycles. The van der Waals surface area contributed by atoms with Gasteiger partial charge in [0.1, 0.15) is 18.6 Å². The van der Waals surface area contributed by atoms with E-state index in [9.17, 15) is 4.79 Å². The highest BCUT2D eigenvalue weighted by atomic mass is 79.9. The number of pyridine rings is 1. The van der Waals surface area contributed by atoms with Crippen LogP contribution < -0.4 is 0 Å². The fourth-order valence-corrected chi connectivity index (χ4v) is 1.70. The Labute approximate surface area is 107 Å². The molecule has 17 heavy (non-hydrogen) atoms. The molecule has 0 fully saturated rings. The lowest BCUT2D eigenvalue weighted by Crippen LogP contribution is -2.17. The Kier molecular flexibility index (Phi) is 4.22. The number of rotatable bonds is 5. The molecule has 0 amide bonds. The lowest BCUT2D eigenvalue weighted by molar-refractivity contribution is -0.113. The summed E-state index contributed by atoms with van der Waals surface area (Å²) in [6.45, 7) is 0.452. The van der Waals surface area contributed by atoms with Gasteiger partial charge >= 0.3 is 0 Å². The van der Waals surface area contributed by atoms with E-state index in [2.05, 4.69) is 26.1 Å². The number of aromatic nitrogens is 1. The Balaban J connectivity index is 1.88. The maximum absolute atomic E-state index is 10.1. The molecule has 1 atom stereocenters. The van der Waals surface area contributed by atoms with Gasteiger partial charge in [0.2, 0.25) is 0 Å². The van der Waals surface area contributed by atoms with E-state index in [0.29, 0.717) is 19.3 Å². The number of hydrogen-bond donors (Lipinski definition) is 0. The zero-order valence-electron chi connectivity index (χ0n) is 9.01. The standard InChI is InChI=1S/C11H11BrN2O3/c12-8-1-2-10(13-6-8)11-5-9(17-14-11)7-16-4-3-15/h1-3,6,9H,4-5,7H2/t9-/m0/s1. The van der Waals surface area contributed by atoms with Crippen molar-refractivity contribution in [3.63, 3.8) is 0 Å². The summed E-state index contributed by atoms with van der Waals surface area (Å²) in [7, 11) is 0. The lowest BCUT2D eigenvalue weighted by Gasteiger charge is -2.06. The van der Waals surface area contributed by atoms with Crippen LogP contribution in [-0.4, -0.2) is 36.3 Å². The minimum atomic E-state index is -0.129. The molecule has 0 unspecified atom stereocenters. The molecule has 0 N–H and O–H groups in total. The minimum Gasteiger partial charge on any atom is -0.389 e. The first-order chi connectivity index (χ1) is 8.29. The molecule has 0 radical (unpaired) electrons. The van der Waals surface area contributed by atoms with Crippen molar-refractivity contribution in [3.05, 3.63) is 28.5 Å². The summed E-state index contributed by atoms with van der Waals surface area (Å²) in [6, 6.07) is 3.78. The van der Waals surface area contributed by atoms with Gasteiger partial charge in [-0.3, -0.25) is 4.98 Å². The van der Waals surface area contributed by atoms with Crippen LogP contribution in [0.1, 0.15) is 12.1 Å². The summed E-state index contributed by atoms with van der Waals surface area (Å²) >= 11 is 3.32. The number of carbonyl (C=O) groups excluding carboxylic acids is 1. The first-order valence-electron chi connectivity index (χ1n) is 5.15. The summed E-state index contributed by atoms with van der Waals surface area (Å²) in [4.78, 5) is 19.5. The number of hydrogen-bond acceptors (Lipinski definition) is 5. The van der Waals surface area contributed by atoms with Gasteiger partial charge in [0.15, 0.2) is 6.10 Å². The van der Waals surface area contributed by atoms with Crippen molar-refractivity contribution in [1.29, 1.82) is 0 Å². The van der Waals surface area contributed by atoms with Gasteiger partial charge < -0.3 is 14.4 Å². The smallest absolute Gasteiger partial charge is 0.156 e. The predicted octanol–water partition coefficient (Wildman–Crippen LogP) is 1.55. The molecular formula is C11H11BrN2O3. The molecule has 1 aliphatic heterocycles. The van der Waals surface area contributed by atoms with Crippen molar-refractivity contribution < 1.29 is 14.4 Å². The fraction of sp³-hybridized carbons (Fsp3) is 0.364. The average Bonchev–Trinajstić information content (AvgIpc) is 2.79. The normalized spacial score (nSPS) is 18.6. The summed E-state index contributed by atoms with van der Waals surface area (Å²) < 4.78 is 6.00. The zero-order chi connectivity index (χ0) is 12.1. The van der Waals surface area contributed by atoms with E-state index in [1.165, 1.54) is 0 Å². The van der Waals surface area contributed by atoms with E-state index in [0.717, 1.165) is 15.9 Å². The van der Waals surface area contributed by atoms with Crippen LogP contribution in [-0.2, 0) is 14.4 Å². The second kappa shape index (κ2) is 5.88.